The van der Waals surface area contributed by atoms with E-state index in [0.29, 0.717) is 19.3 Å². The van der Waals surface area contributed by atoms with E-state index in [1.807, 2.05) is 0 Å². The lowest BCUT2D eigenvalue weighted by Crippen LogP contribution is -2.30. The van der Waals surface area contributed by atoms with Gasteiger partial charge in [0.25, 0.3) is 0 Å². The van der Waals surface area contributed by atoms with Crippen molar-refractivity contribution in [3.63, 3.8) is 0 Å². The van der Waals surface area contributed by atoms with Crippen LogP contribution in [0.2, 0.25) is 0 Å². The molecule has 456 valence electrons. The van der Waals surface area contributed by atoms with Gasteiger partial charge in [-0.25, -0.2) is 0 Å². The summed E-state index contributed by atoms with van der Waals surface area (Å²) in [7, 11) is 0. The van der Waals surface area contributed by atoms with Crippen LogP contribution in [0.5, 0.6) is 0 Å². The summed E-state index contributed by atoms with van der Waals surface area (Å²) in [5, 5.41) is 0. The minimum absolute atomic E-state index is 0.0890. The van der Waals surface area contributed by atoms with Gasteiger partial charge >= 0.3 is 17.9 Å². The predicted molar refractivity (Wildman–Crippen MR) is 344 cm³/mol. The summed E-state index contributed by atoms with van der Waals surface area (Å²) >= 11 is 0. The smallest absolute Gasteiger partial charge is 0.306 e. The Bertz CT molecular complexity index is 1500. The second-order valence-corrected chi connectivity index (χ2v) is 22.7. The van der Waals surface area contributed by atoms with E-state index in [-0.39, 0.29) is 31.1 Å². The highest BCUT2D eigenvalue weighted by Crippen LogP contribution is 2.17. The van der Waals surface area contributed by atoms with Gasteiger partial charge in [0, 0.05) is 19.3 Å². The van der Waals surface area contributed by atoms with E-state index in [1.54, 1.807) is 0 Å². The van der Waals surface area contributed by atoms with Gasteiger partial charge in [-0.2, -0.15) is 0 Å². The molecule has 0 aliphatic rings. The quantitative estimate of drug-likeness (QED) is 0.0261. The molecular weight excluding hydrogens is 973 g/mol. The standard InChI is InChI=1S/C73H128O6/c1-4-7-10-13-16-19-22-25-27-29-30-31-32-33-34-35-36-37-38-39-40-41-42-44-45-48-51-54-57-60-63-66-72(75)78-69-70(68-77-71(74)65-62-59-56-53-50-47-24-21-18-15-12-9-6-3)79-73(76)67-64-61-58-55-52-49-46-43-28-26-23-20-17-14-11-8-5-2/h8,11-12,15,17,20-21,24,26,28-30,46,49,70H,4-7,9-10,13-14,16,18-19,22-23,25,27,31-45,47-48,50-69H2,1-3H3/b11-8-,15-12-,20-17-,24-21-,28-26-,30-29-,49-46-. The van der Waals surface area contributed by atoms with Gasteiger partial charge in [-0.15, -0.1) is 0 Å². The number of allylic oxidation sites excluding steroid dienone is 14. The molecule has 0 aromatic heterocycles. The molecular formula is C73H128O6. The first-order valence-electron chi connectivity index (χ1n) is 34.1. The lowest BCUT2D eigenvalue weighted by molar-refractivity contribution is -0.167. The molecule has 0 aliphatic heterocycles. The van der Waals surface area contributed by atoms with E-state index in [2.05, 4.69) is 106 Å². The second-order valence-electron chi connectivity index (χ2n) is 22.7. The molecule has 0 spiro atoms. The van der Waals surface area contributed by atoms with Gasteiger partial charge in [0.05, 0.1) is 0 Å². The predicted octanol–water partition coefficient (Wildman–Crippen LogP) is 23.4. The number of carbonyl (C=O) groups is 3. The van der Waals surface area contributed by atoms with Gasteiger partial charge in [0.2, 0.25) is 0 Å². The van der Waals surface area contributed by atoms with Crippen LogP contribution in [-0.4, -0.2) is 37.2 Å². The van der Waals surface area contributed by atoms with Crippen molar-refractivity contribution >= 4 is 17.9 Å². The average Bonchev–Trinajstić information content (AvgIpc) is 3.45. The molecule has 0 radical (unpaired) electrons. The van der Waals surface area contributed by atoms with Crippen molar-refractivity contribution in [1.82, 2.24) is 0 Å². The van der Waals surface area contributed by atoms with Gasteiger partial charge in [-0.1, -0.05) is 298 Å². The van der Waals surface area contributed by atoms with E-state index in [1.165, 1.54) is 173 Å². The fraction of sp³-hybridized carbons (Fsp3) is 0.767. The summed E-state index contributed by atoms with van der Waals surface area (Å²) in [6, 6.07) is 0. The SMILES string of the molecule is CC/C=C\C/C=C\C/C=C\C/C=C\CCCCCCC(=O)OC(COC(=O)CCCCCCC/C=C\C/C=C\CCC)COC(=O)CCCCCCCCCCCCCCCCCCCCC/C=C\CCCCCCCCCC. The monoisotopic (exact) mass is 1100 g/mol. The molecule has 79 heavy (non-hydrogen) atoms. The summed E-state index contributed by atoms with van der Waals surface area (Å²) < 4.78 is 16.9. The molecule has 0 heterocycles. The van der Waals surface area contributed by atoms with Crippen molar-refractivity contribution in [2.24, 2.45) is 0 Å². The van der Waals surface area contributed by atoms with Crippen molar-refractivity contribution in [3.8, 4) is 0 Å². The molecule has 6 nitrogen and oxygen atoms in total. The number of unbranched alkanes of at least 4 members (excludes halogenated alkanes) is 37. The van der Waals surface area contributed by atoms with Crippen LogP contribution in [0.3, 0.4) is 0 Å². The first kappa shape index (κ1) is 75.6. The van der Waals surface area contributed by atoms with Gasteiger partial charge in [0.15, 0.2) is 6.10 Å². The molecule has 0 aromatic rings. The molecule has 0 saturated heterocycles. The molecule has 0 bridgehead atoms. The fourth-order valence-electron chi connectivity index (χ4n) is 9.76. The number of ether oxygens (including phenoxy) is 3. The summed E-state index contributed by atoms with van der Waals surface area (Å²) in [6.07, 6.45) is 89.1. The van der Waals surface area contributed by atoms with Crippen molar-refractivity contribution in [3.05, 3.63) is 85.1 Å². The van der Waals surface area contributed by atoms with Crippen LogP contribution < -0.4 is 0 Å². The first-order chi connectivity index (χ1) is 39.0. The lowest BCUT2D eigenvalue weighted by Gasteiger charge is -2.18. The molecule has 0 rings (SSSR count). The lowest BCUT2D eigenvalue weighted by atomic mass is 10.0. The second kappa shape index (κ2) is 67.1. The Balaban J connectivity index is 4.19. The molecule has 1 unspecified atom stereocenters. The topological polar surface area (TPSA) is 78.9 Å². The third-order valence-corrected chi connectivity index (χ3v) is 14.8. The zero-order valence-corrected chi connectivity index (χ0v) is 52.4. The van der Waals surface area contributed by atoms with Crippen molar-refractivity contribution < 1.29 is 28.6 Å². The Hall–Kier alpha value is -3.41. The van der Waals surface area contributed by atoms with Crippen LogP contribution in [0.1, 0.15) is 342 Å². The van der Waals surface area contributed by atoms with Gasteiger partial charge in [-0.05, 0) is 109 Å². The van der Waals surface area contributed by atoms with E-state index in [4.69, 9.17) is 14.2 Å². The van der Waals surface area contributed by atoms with Crippen LogP contribution in [0.25, 0.3) is 0 Å². The Morgan fingerprint density at radius 1 is 0.266 bits per heavy atom. The highest BCUT2D eigenvalue weighted by Gasteiger charge is 2.19. The van der Waals surface area contributed by atoms with E-state index >= 15 is 0 Å². The Labute approximate surface area is 490 Å². The molecule has 0 N–H and O–H groups in total. The number of esters is 3. The van der Waals surface area contributed by atoms with Crippen LogP contribution in [-0.2, 0) is 28.6 Å². The zero-order valence-electron chi connectivity index (χ0n) is 52.4. The van der Waals surface area contributed by atoms with Gasteiger partial charge < -0.3 is 14.2 Å². The molecule has 0 saturated carbocycles. The van der Waals surface area contributed by atoms with Crippen molar-refractivity contribution in [2.75, 3.05) is 13.2 Å². The maximum absolute atomic E-state index is 12.9. The normalized spacial score (nSPS) is 12.6. The minimum atomic E-state index is -0.796. The molecule has 0 aromatic carbocycles. The van der Waals surface area contributed by atoms with Crippen LogP contribution in [0.15, 0.2) is 85.1 Å². The number of hydrogen-bond acceptors (Lipinski definition) is 6. The number of carbonyl (C=O) groups excluding carboxylic acids is 3. The molecule has 0 aliphatic carbocycles. The van der Waals surface area contributed by atoms with E-state index < -0.39 is 6.10 Å². The Morgan fingerprint density at radius 3 is 0.835 bits per heavy atom. The van der Waals surface area contributed by atoms with Crippen LogP contribution in [0, 0.1) is 0 Å². The highest BCUT2D eigenvalue weighted by atomic mass is 16.6. The van der Waals surface area contributed by atoms with Crippen LogP contribution in [0.4, 0.5) is 0 Å². The zero-order chi connectivity index (χ0) is 57.1. The van der Waals surface area contributed by atoms with Gasteiger partial charge in [0.1, 0.15) is 13.2 Å². The van der Waals surface area contributed by atoms with Crippen molar-refractivity contribution in [1.29, 1.82) is 0 Å². The maximum atomic E-state index is 12.9. The molecule has 0 fully saturated rings. The molecule has 0 amide bonds. The largest absolute Gasteiger partial charge is 0.462 e. The maximum Gasteiger partial charge on any atom is 0.306 e. The van der Waals surface area contributed by atoms with Gasteiger partial charge in [-0.3, -0.25) is 14.4 Å². The summed E-state index contributed by atoms with van der Waals surface area (Å²) in [5.74, 6) is -0.915. The first-order valence-corrected chi connectivity index (χ1v) is 34.1. The van der Waals surface area contributed by atoms with E-state index in [0.717, 1.165) is 128 Å². The fourth-order valence-corrected chi connectivity index (χ4v) is 9.76. The molecule has 6 heteroatoms. The summed E-state index contributed by atoms with van der Waals surface area (Å²) in [5.41, 5.74) is 0. The third kappa shape index (κ3) is 65.3. The third-order valence-electron chi connectivity index (χ3n) is 14.8. The van der Waals surface area contributed by atoms with Crippen molar-refractivity contribution in [2.45, 2.75) is 348 Å². The number of rotatable bonds is 62. The summed E-state index contributed by atoms with van der Waals surface area (Å²) in [4.78, 5) is 38.3. The van der Waals surface area contributed by atoms with E-state index in [9.17, 15) is 14.4 Å². The minimum Gasteiger partial charge on any atom is -0.462 e. The number of hydrogen-bond donors (Lipinski definition) is 0. The highest BCUT2D eigenvalue weighted by molar-refractivity contribution is 5.71. The molecule has 1 atom stereocenters. The average molecular weight is 1100 g/mol. The van der Waals surface area contributed by atoms with Crippen LogP contribution >= 0.6 is 0 Å². The Kier molecular flexibility index (Phi) is 64.2. The summed E-state index contributed by atoms with van der Waals surface area (Å²) in [6.45, 7) is 6.46. The Morgan fingerprint density at radius 2 is 0.519 bits per heavy atom.